The van der Waals surface area contributed by atoms with Gasteiger partial charge in [0.1, 0.15) is 6.10 Å². The predicted molar refractivity (Wildman–Crippen MR) is 115 cm³/mol. The first-order valence-corrected chi connectivity index (χ1v) is 11.7. The highest BCUT2D eigenvalue weighted by Crippen LogP contribution is 2.30. The number of hydrogen-bond donors (Lipinski definition) is 1. The first-order valence-electron chi connectivity index (χ1n) is 11.7. The van der Waals surface area contributed by atoms with Crippen molar-refractivity contribution in [2.45, 2.75) is 135 Å². The van der Waals surface area contributed by atoms with Crippen molar-refractivity contribution < 1.29 is 14.6 Å². The molecule has 27 heavy (non-hydrogen) atoms. The first kappa shape index (κ1) is 24.7. The van der Waals surface area contributed by atoms with Gasteiger partial charge in [-0.3, -0.25) is 0 Å². The van der Waals surface area contributed by atoms with Gasteiger partial charge in [-0.1, -0.05) is 83.3 Å². The third kappa shape index (κ3) is 12.6. The Balaban J connectivity index is 1.85. The minimum absolute atomic E-state index is 0.0548. The zero-order chi connectivity index (χ0) is 19.8. The Morgan fingerprint density at radius 1 is 0.704 bits per heavy atom. The van der Waals surface area contributed by atoms with Gasteiger partial charge in [0.2, 0.25) is 0 Å². The lowest BCUT2D eigenvalue weighted by Crippen LogP contribution is -2.26. The highest BCUT2D eigenvalue weighted by atomic mass is 16.8. The molecule has 0 radical (unpaired) electrons. The van der Waals surface area contributed by atoms with E-state index in [2.05, 4.69) is 19.1 Å². The lowest BCUT2D eigenvalue weighted by Gasteiger charge is -2.16. The molecule has 1 aliphatic rings. The van der Waals surface area contributed by atoms with Crippen LogP contribution in [-0.4, -0.2) is 29.7 Å². The third-order valence-electron chi connectivity index (χ3n) is 5.47. The molecular weight excluding hydrogens is 336 g/mol. The van der Waals surface area contributed by atoms with Crippen molar-refractivity contribution in [1.29, 1.82) is 0 Å². The Morgan fingerprint density at radius 2 is 1.19 bits per heavy atom. The molecule has 0 aliphatic carbocycles. The van der Waals surface area contributed by atoms with Crippen LogP contribution in [0.5, 0.6) is 0 Å². The summed E-state index contributed by atoms with van der Waals surface area (Å²) in [5, 5.41) is 9.39. The molecule has 1 heterocycles. The molecule has 1 rings (SSSR count). The normalized spacial score (nSPS) is 22.1. The second kappa shape index (κ2) is 15.5. The van der Waals surface area contributed by atoms with Crippen LogP contribution >= 0.6 is 0 Å². The van der Waals surface area contributed by atoms with E-state index in [0.717, 1.165) is 12.8 Å². The molecule has 1 aliphatic heterocycles. The van der Waals surface area contributed by atoms with Crippen LogP contribution in [0.1, 0.15) is 117 Å². The lowest BCUT2D eigenvalue weighted by atomic mass is 10.0. The molecule has 0 bridgehead atoms. The summed E-state index contributed by atoms with van der Waals surface area (Å²) in [5.41, 5.74) is 0. The van der Waals surface area contributed by atoms with Crippen LogP contribution in [0.3, 0.4) is 0 Å². The van der Waals surface area contributed by atoms with Gasteiger partial charge in [-0.05, 0) is 46.0 Å². The molecule has 0 aromatic rings. The van der Waals surface area contributed by atoms with Crippen molar-refractivity contribution in [3.63, 3.8) is 0 Å². The lowest BCUT2D eigenvalue weighted by molar-refractivity contribution is -0.149. The van der Waals surface area contributed by atoms with Crippen LogP contribution in [0.15, 0.2) is 12.2 Å². The van der Waals surface area contributed by atoms with Gasteiger partial charge in [0, 0.05) is 0 Å². The van der Waals surface area contributed by atoms with E-state index in [1.54, 1.807) is 0 Å². The fourth-order valence-corrected chi connectivity index (χ4v) is 3.90. The Morgan fingerprint density at radius 3 is 1.74 bits per heavy atom. The number of aliphatic hydroxyl groups excluding tert-OH is 1. The van der Waals surface area contributed by atoms with Crippen LogP contribution in [0.4, 0.5) is 0 Å². The van der Waals surface area contributed by atoms with Gasteiger partial charge < -0.3 is 14.6 Å². The quantitative estimate of drug-likeness (QED) is 0.219. The standard InChI is InChI=1S/C24H46O3/c1-4-5-6-7-8-9-10-11-12-13-14-15-16-17-18-19-20-22-23(21-25)27-24(2,3)26-22/h12-13,22-23,25H,4-11,14-21H2,1-3H3/b13-12-/t22-,23-/m0/s1. The van der Waals surface area contributed by atoms with Crippen molar-refractivity contribution >= 4 is 0 Å². The minimum Gasteiger partial charge on any atom is -0.394 e. The van der Waals surface area contributed by atoms with E-state index in [-0.39, 0.29) is 18.8 Å². The average Bonchev–Trinajstić information content (AvgIpc) is 2.95. The summed E-state index contributed by atoms with van der Waals surface area (Å²) in [6, 6.07) is 0. The second-order valence-corrected chi connectivity index (χ2v) is 8.62. The van der Waals surface area contributed by atoms with E-state index in [1.165, 1.54) is 83.5 Å². The van der Waals surface area contributed by atoms with Crippen LogP contribution in [-0.2, 0) is 9.47 Å². The highest BCUT2D eigenvalue weighted by Gasteiger charge is 2.40. The van der Waals surface area contributed by atoms with E-state index < -0.39 is 5.79 Å². The molecule has 2 atom stereocenters. The van der Waals surface area contributed by atoms with Crippen LogP contribution in [0.25, 0.3) is 0 Å². The predicted octanol–water partition coefficient (Wildman–Crippen LogP) is 6.93. The Kier molecular flexibility index (Phi) is 14.2. The maximum absolute atomic E-state index is 9.39. The van der Waals surface area contributed by atoms with Crippen molar-refractivity contribution in [2.24, 2.45) is 0 Å². The maximum atomic E-state index is 9.39. The molecular formula is C24H46O3. The molecule has 1 N–H and O–H groups in total. The van der Waals surface area contributed by atoms with E-state index in [0.29, 0.717) is 0 Å². The molecule has 3 nitrogen and oxygen atoms in total. The van der Waals surface area contributed by atoms with Gasteiger partial charge in [-0.25, -0.2) is 0 Å². The largest absolute Gasteiger partial charge is 0.394 e. The zero-order valence-corrected chi connectivity index (χ0v) is 18.4. The van der Waals surface area contributed by atoms with Crippen molar-refractivity contribution in [2.75, 3.05) is 6.61 Å². The summed E-state index contributed by atoms with van der Waals surface area (Å²) in [7, 11) is 0. The molecule has 0 aromatic heterocycles. The van der Waals surface area contributed by atoms with Crippen LogP contribution < -0.4 is 0 Å². The average molecular weight is 383 g/mol. The molecule has 0 amide bonds. The molecule has 1 saturated heterocycles. The number of aliphatic hydroxyl groups is 1. The highest BCUT2D eigenvalue weighted by molar-refractivity contribution is 4.82. The zero-order valence-electron chi connectivity index (χ0n) is 18.4. The monoisotopic (exact) mass is 382 g/mol. The fourth-order valence-electron chi connectivity index (χ4n) is 3.90. The van der Waals surface area contributed by atoms with E-state index in [1.807, 2.05) is 13.8 Å². The third-order valence-corrected chi connectivity index (χ3v) is 5.47. The molecule has 0 aromatic carbocycles. The molecule has 0 unspecified atom stereocenters. The van der Waals surface area contributed by atoms with Crippen molar-refractivity contribution in [1.82, 2.24) is 0 Å². The van der Waals surface area contributed by atoms with E-state index in [9.17, 15) is 5.11 Å². The van der Waals surface area contributed by atoms with Gasteiger partial charge in [0.15, 0.2) is 5.79 Å². The van der Waals surface area contributed by atoms with Gasteiger partial charge in [-0.2, -0.15) is 0 Å². The maximum Gasteiger partial charge on any atom is 0.163 e. The van der Waals surface area contributed by atoms with Crippen molar-refractivity contribution in [3.8, 4) is 0 Å². The topological polar surface area (TPSA) is 38.7 Å². The first-order chi connectivity index (χ1) is 13.1. The van der Waals surface area contributed by atoms with E-state index >= 15 is 0 Å². The summed E-state index contributed by atoms with van der Waals surface area (Å²) < 4.78 is 11.6. The Bertz CT molecular complexity index is 365. The summed E-state index contributed by atoms with van der Waals surface area (Å²) in [5.74, 6) is -0.542. The fraction of sp³-hybridized carbons (Fsp3) is 0.917. The van der Waals surface area contributed by atoms with Crippen LogP contribution in [0, 0.1) is 0 Å². The summed E-state index contributed by atoms with van der Waals surface area (Å²) in [6.07, 6.45) is 24.3. The van der Waals surface area contributed by atoms with Gasteiger partial charge >= 0.3 is 0 Å². The van der Waals surface area contributed by atoms with Gasteiger partial charge in [-0.15, -0.1) is 0 Å². The molecule has 0 spiro atoms. The summed E-state index contributed by atoms with van der Waals surface area (Å²) >= 11 is 0. The second-order valence-electron chi connectivity index (χ2n) is 8.62. The molecule has 0 saturated carbocycles. The van der Waals surface area contributed by atoms with Crippen LogP contribution in [0.2, 0.25) is 0 Å². The smallest absolute Gasteiger partial charge is 0.163 e. The number of allylic oxidation sites excluding steroid dienone is 2. The number of hydrogen-bond acceptors (Lipinski definition) is 3. The van der Waals surface area contributed by atoms with Crippen molar-refractivity contribution in [3.05, 3.63) is 12.2 Å². The number of ether oxygens (including phenoxy) is 2. The Labute approximate surface area is 168 Å². The minimum atomic E-state index is -0.542. The SMILES string of the molecule is CCCCCCCCC/C=C\CCCCCCC[C@@H]1OC(C)(C)O[C@H]1CO. The molecule has 1 fully saturated rings. The summed E-state index contributed by atoms with van der Waals surface area (Å²) in [6.45, 7) is 6.19. The molecule has 160 valence electrons. The van der Waals surface area contributed by atoms with E-state index in [4.69, 9.17) is 9.47 Å². The number of unbranched alkanes of at least 4 members (excludes halogenated alkanes) is 12. The van der Waals surface area contributed by atoms with Gasteiger partial charge in [0.25, 0.3) is 0 Å². The summed E-state index contributed by atoms with van der Waals surface area (Å²) in [4.78, 5) is 0. The number of rotatable bonds is 17. The van der Waals surface area contributed by atoms with Gasteiger partial charge in [0.05, 0.1) is 12.7 Å². The molecule has 3 heteroatoms. The Hall–Kier alpha value is -0.380.